The molecule has 0 fully saturated rings. The van der Waals surface area contributed by atoms with E-state index in [-0.39, 0.29) is 18.3 Å². The Morgan fingerprint density at radius 1 is 0.917 bits per heavy atom. The zero-order valence-electron chi connectivity index (χ0n) is 21.3. The molecule has 1 aliphatic heterocycles. The Morgan fingerprint density at radius 2 is 1.50 bits per heavy atom. The van der Waals surface area contributed by atoms with Crippen molar-refractivity contribution >= 4 is 6.21 Å². The van der Waals surface area contributed by atoms with Gasteiger partial charge in [-0.2, -0.15) is 0 Å². The number of aromatic hydroxyl groups is 1. The highest BCUT2D eigenvalue weighted by atomic mass is 16.5. The molecule has 5 heteroatoms. The summed E-state index contributed by atoms with van der Waals surface area (Å²) in [5, 5.41) is 25.6. The van der Waals surface area contributed by atoms with E-state index in [1.165, 1.54) is 0 Å². The maximum absolute atomic E-state index is 12.2. The molecule has 0 spiro atoms. The Hall–Kier alpha value is -3.41. The third-order valence-electron chi connectivity index (χ3n) is 7.32. The lowest BCUT2D eigenvalue weighted by Crippen LogP contribution is -2.69. The molecule has 1 aliphatic rings. The Kier molecular flexibility index (Phi) is 7.62. The van der Waals surface area contributed by atoms with Gasteiger partial charge in [0.25, 0.3) is 0 Å². The van der Waals surface area contributed by atoms with Gasteiger partial charge in [0.2, 0.25) is 0 Å². The number of hydrogen-bond acceptors (Lipinski definition) is 5. The topological polar surface area (TPSA) is 74.1 Å². The molecular weight excluding hydrogens is 448 g/mol. The molecule has 0 aliphatic carbocycles. The SMILES string of the molecule is CCCC1(C(C)(Oc2ccc(O)cc2)C(C)(O)CNC(c2ccccc2)c2ccccc2)C=CC=N1. The predicted molar refractivity (Wildman–Crippen MR) is 146 cm³/mol. The van der Waals surface area contributed by atoms with Gasteiger partial charge < -0.3 is 20.3 Å². The molecule has 4 rings (SSSR count). The van der Waals surface area contributed by atoms with Crippen molar-refractivity contribution in [1.29, 1.82) is 0 Å². The van der Waals surface area contributed by atoms with Crippen LogP contribution in [0.5, 0.6) is 11.5 Å². The Labute approximate surface area is 214 Å². The average molecular weight is 485 g/mol. The average Bonchev–Trinajstić information content (AvgIpc) is 3.37. The summed E-state index contributed by atoms with van der Waals surface area (Å²) >= 11 is 0. The first-order valence-electron chi connectivity index (χ1n) is 12.6. The zero-order chi connectivity index (χ0) is 25.7. The maximum Gasteiger partial charge on any atom is 0.164 e. The van der Waals surface area contributed by atoms with Crippen LogP contribution < -0.4 is 10.1 Å². The number of nitrogens with one attached hydrogen (secondary N) is 1. The highest BCUT2D eigenvalue weighted by molar-refractivity contribution is 5.76. The van der Waals surface area contributed by atoms with Crippen molar-refractivity contribution in [1.82, 2.24) is 5.32 Å². The fourth-order valence-electron chi connectivity index (χ4n) is 5.07. The minimum absolute atomic E-state index is 0.110. The van der Waals surface area contributed by atoms with Gasteiger partial charge in [-0.15, -0.1) is 0 Å². The van der Waals surface area contributed by atoms with Gasteiger partial charge in [-0.1, -0.05) is 80.1 Å². The van der Waals surface area contributed by atoms with E-state index < -0.39 is 16.7 Å². The van der Waals surface area contributed by atoms with Crippen molar-refractivity contribution in [3.63, 3.8) is 0 Å². The Balaban J connectivity index is 1.70. The second kappa shape index (κ2) is 10.7. The fraction of sp³-hybridized carbons (Fsp3) is 0.323. The van der Waals surface area contributed by atoms with Crippen LogP contribution in [0.1, 0.15) is 50.8 Å². The lowest BCUT2D eigenvalue weighted by atomic mass is 9.68. The molecule has 1 heterocycles. The van der Waals surface area contributed by atoms with Gasteiger partial charge in [-0.25, -0.2) is 0 Å². The number of phenolic OH excluding ortho intramolecular Hbond substituents is 1. The third-order valence-corrected chi connectivity index (χ3v) is 7.32. The summed E-state index contributed by atoms with van der Waals surface area (Å²) in [6.45, 7) is 6.11. The molecule has 0 saturated carbocycles. The molecule has 3 N–H and O–H groups in total. The van der Waals surface area contributed by atoms with Crippen LogP contribution in [0.2, 0.25) is 0 Å². The number of hydrogen-bond donors (Lipinski definition) is 3. The predicted octanol–water partition coefficient (Wildman–Crippen LogP) is 5.84. The summed E-state index contributed by atoms with van der Waals surface area (Å²) in [4.78, 5) is 4.85. The highest BCUT2D eigenvalue weighted by Crippen LogP contribution is 2.45. The molecule has 188 valence electrons. The Morgan fingerprint density at radius 3 is 2.00 bits per heavy atom. The molecule has 3 atom stereocenters. The first kappa shape index (κ1) is 25.7. The second-order valence-electron chi connectivity index (χ2n) is 9.85. The van der Waals surface area contributed by atoms with E-state index in [0.717, 1.165) is 17.5 Å². The van der Waals surface area contributed by atoms with E-state index in [1.807, 2.05) is 62.4 Å². The lowest BCUT2D eigenvalue weighted by molar-refractivity contribution is -0.142. The van der Waals surface area contributed by atoms with Crippen LogP contribution in [0.4, 0.5) is 0 Å². The molecule has 0 amide bonds. The summed E-state index contributed by atoms with van der Waals surface area (Å²) in [6.07, 6.45) is 7.34. The van der Waals surface area contributed by atoms with Crippen LogP contribution in [0.3, 0.4) is 0 Å². The maximum atomic E-state index is 12.2. The summed E-state index contributed by atoms with van der Waals surface area (Å²) in [6, 6.07) is 27.0. The van der Waals surface area contributed by atoms with Gasteiger partial charge in [-0.3, -0.25) is 4.99 Å². The molecular formula is C31H36N2O3. The standard InChI is InChI=1S/C31H36N2O3/c1-4-20-31(21-11-22-33-31)30(3,36-27-18-16-26(34)17-19-27)29(2,35)23-32-28(24-12-7-5-8-13-24)25-14-9-6-10-15-25/h5-19,21-22,28,32,34-35H,4,20,23H2,1-3H3. The molecule has 0 radical (unpaired) electrons. The lowest BCUT2D eigenvalue weighted by Gasteiger charge is -2.51. The molecule has 0 saturated heterocycles. The number of nitrogens with zero attached hydrogens (tertiary/aromatic N) is 1. The van der Waals surface area contributed by atoms with Crippen LogP contribution in [0.25, 0.3) is 0 Å². The van der Waals surface area contributed by atoms with Crippen LogP contribution in [-0.2, 0) is 0 Å². The van der Waals surface area contributed by atoms with Crippen LogP contribution in [0, 0.1) is 0 Å². The number of rotatable bonds is 11. The van der Waals surface area contributed by atoms with E-state index in [1.54, 1.807) is 30.5 Å². The quantitative estimate of drug-likeness (QED) is 0.320. The molecule has 0 aromatic heterocycles. The number of aliphatic imine (C=N–C) groups is 1. The molecule has 36 heavy (non-hydrogen) atoms. The van der Waals surface area contributed by atoms with Crippen molar-refractivity contribution in [2.45, 2.75) is 56.4 Å². The summed E-state index contributed by atoms with van der Waals surface area (Å²) in [7, 11) is 0. The smallest absolute Gasteiger partial charge is 0.164 e. The van der Waals surface area contributed by atoms with Crippen molar-refractivity contribution in [2.24, 2.45) is 4.99 Å². The first-order chi connectivity index (χ1) is 17.3. The zero-order valence-corrected chi connectivity index (χ0v) is 21.3. The van der Waals surface area contributed by atoms with Crippen LogP contribution >= 0.6 is 0 Å². The van der Waals surface area contributed by atoms with Gasteiger partial charge in [0.15, 0.2) is 5.60 Å². The number of benzene rings is 3. The van der Waals surface area contributed by atoms with Gasteiger partial charge >= 0.3 is 0 Å². The molecule has 3 aromatic rings. The van der Waals surface area contributed by atoms with Gasteiger partial charge in [0.1, 0.15) is 22.6 Å². The Bertz CT molecular complexity index is 1120. The van der Waals surface area contributed by atoms with E-state index in [2.05, 4.69) is 36.5 Å². The normalized spacial score (nSPS) is 20.2. The molecule has 0 bridgehead atoms. The summed E-state index contributed by atoms with van der Waals surface area (Å²) in [5.41, 5.74) is -0.986. The fourth-order valence-corrected chi connectivity index (χ4v) is 5.07. The largest absolute Gasteiger partial charge is 0.508 e. The van der Waals surface area contributed by atoms with Crippen LogP contribution in [0.15, 0.2) is 102 Å². The highest BCUT2D eigenvalue weighted by Gasteiger charge is 2.59. The number of allylic oxidation sites excluding steroid dienone is 1. The minimum atomic E-state index is -1.34. The van der Waals surface area contributed by atoms with E-state index in [0.29, 0.717) is 12.2 Å². The summed E-state index contributed by atoms with van der Waals surface area (Å²) < 4.78 is 6.64. The van der Waals surface area contributed by atoms with E-state index in [9.17, 15) is 10.2 Å². The second-order valence-corrected chi connectivity index (χ2v) is 9.85. The number of aliphatic hydroxyl groups is 1. The van der Waals surface area contributed by atoms with Crippen molar-refractivity contribution in [3.8, 4) is 11.5 Å². The van der Waals surface area contributed by atoms with Gasteiger partial charge in [0, 0.05) is 12.8 Å². The molecule has 3 unspecified atom stereocenters. The minimum Gasteiger partial charge on any atom is -0.508 e. The first-order valence-corrected chi connectivity index (χ1v) is 12.6. The van der Waals surface area contributed by atoms with Crippen molar-refractivity contribution in [2.75, 3.05) is 6.54 Å². The van der Waals surface area contributed by atoms with E-state index in [4.69, 9.17) is 9.73 Å². The van der Waals surface area contributed by atoms with Gasteiger partial charge in [-0.05, 0) is 61.7 Å². The molecule has 3 aromatic carbocycles. The number of phenols is 1. The van der Waals surface area contributed by atoms with Gasteiger partial charge in [0.05, 0.1) is 6.04 Å². The monoisotopic (exact) mass is 484 g/mol. The number of ether oxygens (including phenoxy) is 1. The third kappa shape index (κ3) is 5.08. The molecule has 5 nitrogen and oxygen atoms in total. The van der Waals surface area contributed by atoms with Crippen LogP contribution in [-0.4, -0.2) is 39.7 Å². The van der Waals surface area contributed by atoms with E-state index >= 15 is 0 Å². The summed E-state index contributed by atoms with van der Waals surface area (Å²) in [5.74, 6) is 0.720. The van der Waals surface area contributed by atoms with Crippen molar-refractivity contribution < 1.29 is 14.9 Å². The van der Waals surface area contributed by atoms with Crippen molar-refractivity contribution in [3.05, 3.63) is 108 Å².